The van der Waals surface area contributed by atoms with Crippen LogP contribution in [0.25, 0.3) is 0 Å². The van der Waals surface area contributed by atoms with Crippen LogP contribution in [0.4, 0.5) is 0 Å². The molecule has 0 aromatic rings. The predicted molar refractivity (Wildman–Crippen MR) is 97.4 cm³/mol. The molecule has 3 rings (SSSR count). The lowest BCUT2D eigenvalue weighted by atomic mass is 9.88. The average molecular weight is 379 g/mol. The van der Waals surface area contributed by atoms with Crippen LogP contribution in [0.15, 0.2) is 0 Å². The maximum atomic E-state index is 10.6. The molecule has 1 aliphatic heterocycles. The Morgan fingerprint density at radius 2 is 1.64 bits per heavy atom. The van der Waals surface area contributed by atoms with Crippen LogP contribution in [0, 0.1) is 5.92 Å². The summed E-state index contributed by atoms with van der Waals surface area (Å²) in [5.74, 6) is 0.525. The van der Waals surface area contributed by atoms with E-state index < -0.39 is 36.6 Å². The van der Waals surface area contributed by atoms with Crippen LogP contribution in [0.3, 0.4) is 0 Å². The number of aliphatic hydroxyl groups is 4. The molecule has 0 aromatic heterocycles. The zero-order valence-corrected chi connectivity index (χ0v) is 16.3. The highest BCUT2D eigenvalue weighted by Crippen LogP contribution is 2.48. The summed E-state index contributed by atoms with van der Waals surface area (Å²) in [6, 6.07) is 0. The standard InChI is InChI=1S/C16H28O6S.C2H6/c1-23-16-4-2-9(8-16)3-5-21-14-12(19)7-10(17)6-11(18)13(20)15(14)22-16;1-2/h9-15,17-20H,2-8H2,1H3;1-2H3/t9-,10-,11+,12?,13?,14?,15?,16-;/m1./s1. The van der Waals surface area contributed by atoms with Gasteiger partial charge < -0.3 is 29.9 Å². The maximum Gasteiger partial charge on any atom is 0.116 e. The highest BCUT2D eigenvalue weighted by molar-refractivity contribution is 7.99. The number of ether oxygens (including phenoxy) is 2. The topological polar surface area (TPSA) is 99.4 Å². The van der Waals surface area contributed by atoms with E-state index >= 15 is 0 Å². The second-order valence-corrected chi connectivity index (χ2v) is 8.33. The molecule has 0 radical (unpaired) electrons. The van der Waals surface area contributed by atoms with Gasteiger partial charge in [0, 0.05) is 19.4 Å². The Kier molecular flexibility index (Phi) is 8.01. The van der Waals surface area contributed by atoms with E-state index in [4.69, 9.17) is 9.47 Å². The van der Waals surface area contributed by atoms with Gasteiger partial charge in [-0.15, -0.1) is 11.8 Å². The summed E-state index contributed by atoms with van der Waals surface area (Å²) >= 11 is 1.64. The molecule has 4 N–H and O–H groups in total. The number of hydrogen-bond acceptors (Lipinski definition) is 7. The predicted octanol–water partition coefficient (Wildman–Crippen LogP) is 1.28. The van der Waals surface area contributed by atoms with Gasteiger partial charge >= 0.3 is 0 Å². The largest absolute Gasteiger partial charge is 0.393 e. The van der Waals surface area contributed by atoms with Crippen LogP contribution in [0.1, 0.15) is 52.4 Å². The molecule has 8 atom stereocenters. The second kappa shape index (κ2) is 9.35. The van der Waals surface area contributed by atoms with E-state index in [2.05, 4.69) is 0 Å². The summed E-state index contributed by atoms with van der Waals surface area (Å²) in [6.07, 6.45) is 0.332. The molecule has 6 nitrogen and oxygen atoms in total. The summed E-state index contributed by atoms with van der Waals surface area (Å²) in [5.41, 5.74) is 0. The summed E-state index contributed by atoms with van der Waals surface area (Å²) in [6.45, 7) is 4.50. The normalized spacial score (nSPS) is 47.9. The van der Waals surface area contributed by atoms with Gasteiger partial charge in [0.2, 0.25) is 0 Å². The molecule has 0 amide bonds. The molecule has 148 valence electrons. The lowest BCUT2D eigenvalue weighted by Crippen LogP contribution is -2.57. The van der Waals surface area contributed by atoms with Crippen molar-refractivity contribution in [2.45, 2.75) is 93.9 Å². The molecule has 2 bridgehead atoms. The van der Waals surface area contributed by atoms with E-state index in [1.165, 1.54) is 0 Å². The van der Waals surface area contributed by atoms with E-state index in [0.29, 0.717) is 12.5 Å². The van der Waals surface area contributed by atoms with Gasteiger partial charge in [-0.05, 0) is 37.9 Å². The third kappa shape index (κ3) is 4.89. The van der Waals surface area contributed by atoms with E-state index in [1.807, 2.05) is 20.1 Å². The quantitative estimate of drug-likeness (QED) is 0.545. The molecule has 3 fully saturated rings. The van der Waals surface area contributed by atoms with Gasteiger partial charge in [0.15, 0.2) is 0 Å². The number of fused-ring (bicyclic) bond motifs is 3. The summed E-state index contributed by atoms with van der Waals surface area (Å²) in [5, 5.41) is 41.1. The number of aliphatic hydroxyl groups excluding tert-OH is 4. The Labute approximate surface area is 154 Å². The Morgan fingerprint density at radius 1 is 0.960 bits per heavy atom. The second-order valence-electron chi connectivity index (χ2n) is 7.18. The SMILES string of the molecule is CC.CS[C@@]12CC[C@H](CCOC3C(O)C[C@H](O)C[C@H](O)C(O)C3O1)C2. The fourth-order valence-corrected chi connectivity index (χ4v) is 5.11. The van der Waals surface area contributed by atoms with Gasteiger partial charge in [0.05, 0.1) is 18.3 Å². The van der Waals surface area contributed by atoms with Crippen molar-refractivity contribution in [2.24, 2.45) is 5.92 Å². The zero-order chi connectivity index (χ0) is 18.6. The molecule has 0 spiro atoms. The number of rotatable bonds is 1. The van der Waals surface area contributed by atoms with Gasteiger partial charge in [0.25, 0.3) is 0 Å². The van der Waals surface area contributed by atoms with Crippen LogP contribution < -0.4 is 0 Å². The Bertz CT molecular complexity index is 411. The molecule has 0 aromatic carbocycles. The van der Waals surface area contributed by atoms with E-state index in [9.17, 15) is 20.4 Å². The molecule has 7 heteroatoms. The average Bonchev–Trinajstić information content (AvgIpc) is 3.03. The van der Waals surface area contributed by atoms with Crippen LogP contribution >= 0.6 is 11.8 Å². The Morgan fingerprint density at radius 3 is 2.32 bits per heavy atom. The molecular formula is C18H34O6S. The number of thioether (sulfide) groups is 1. The van der Waals surface area contributed by atoms with Crippen LogP contribution in [0.2, 0.25) is 0 Å². The maximum absolute atomic E-state index is 10.6. The first-order chi connectivity index (χ1) is 11.9. The first-order valence-corrected chi connectivity index (χ1v) is 10.7. The third-order valence-electron chi connectivity index (χ3n) is 5.55. The molecule has 1 saturated heterocycles. The molecule has 2 aliphatic carbocycles. The lowest BCUT2D eigenvalue weighted by molar-refractivity contribution is -0.209. The van der Waals surface area contributed by atoms with E-state index in [1.54, 1.807) is 11.8 Å². The summed E-state index contributed by atoms with van der Waals surface area (Å²) < 4.78 is 12.2. The van der Waals surface area contributed by atoms with Crippen LogP contribution in [-0.4, -0.2) is 74.8 Å². The highest BCUT2D eigenvalue weighted by atomic mass is 32.2. The van der Waals surface area contributed by atoms with Crippen molar-refractivity contribution in [3.05, 3.63) is 0 Å². The Hall–Kier alpha value is 0.110. The summed E-state index contributed by atoms with van der Waals surface area (Å²) in [7, 11) is 0. The zero-order valence-electron chi connectivity index (χ0n) is 15.5. The summed E-state index contributed by atoms with van der Waals surface area (Å²) in [4.78, 5) is -0.389. The molecule has 4 unspecified atom stereocenters. The van der Waals surface area contributed by atoms with Gasteiger partial charge in [-0.3, -0.25) is 0 Å². The van der Waals surface area contributed by atoms with Crippen molar-refractivity contribution in [2.75, 3.05) is 12.9 Å². The van der Waals surface area contributed by atoms with E-state index in [0.717, 1.165) is 25.7 Å². The van der Waals surface area contributed by atoms with Crippen molar-refractivity contribution < 1.29 is 29.9 Å². The van der Waals surface area contributed by atoms with E-state index in [-0.39, 0.29) is 17.8 Å². The van der Waals surface area contributed by atoms with Gasteiger partial charge in [-0.1, -0.05) is 13.8 Å². The van der Waals surface area contributed by atoms with Crippen molar-refractivity contribution >= 4 is 11.8 Å². The van der Waals surface area contributed by atoms with Crippen molar-refractivity contribution in [3.8, 4) is 0 Å². The monoisotopic (exact) mass is 378 g/mol. The third-order valence-corrected chi connectivity index (χ3v) is 6.76. The molecule has 2 saturated carbocycles. The molecular weight excluding hydrogens is 344 g/mol. The van der Waals surface area contributed by atoms with Crippen LogP contribution in [0.5, 0.6) is 0 Å². The van der Waals surface area contributed by atoms with Crippen molar-refractivity contribution in [1.29, 1.82) is 0 Å². The fraction of sp³-hybridized carbons (Fsp3) is 1.00. The molecule has 3 aliphatic rings. The van der Waals surface area contributed by atoms with Gasteiger partial charge in [-0.2, -0.15) is 0 Å². The smallest absolute Gasteiger partial charge is 0.116 e. The first-order valence-electron chi connectivity index (χ1n) is 9.51. The lowest BCUT2D eigenvalue weighted by Gasteiger charge is -2.42. The molecule has 1 heterocycles. The minimum atomic E-state index is -1.19. The van der Waals surface area contributed by atoms with Crippen molar-refractivity contribution in [1.82, 2.24) is 0 Å². The van der Waals surface area contributed by atoms with Crippen LogP contribution in [-0.2, 0) is 9.47 Å². The Balaban J connectivity index is 0.00000109. The number of hydrogen-bond donors (Lipinski definition) is 4. The van der Waals surface area contributed by atoms with Crippen molar-refractivity contribution in [3.63, 3.8) is 0 Å². The minimum absolute atomic E-state index is 0.0275. The highest BCUT2D eigenvalue weighted by Gasteiger charge is 2.49. The first kappa shape index (κ1) is 21.4. The fourth-order valence-electron chi connectivity index (χ4n) is 4.18. The van der Waals surface area contributed by atoms with Gasteiger partial charge in [-0.25, -0.2) is 0 Å². The molecule has 25 heavy (non-hydrogen) atoms. The van der Waals surface area contributed by atoms with Gasteiger partial charge in [0.1, 0.15) is 23.2 Å². The minimum Gasteiger partial charge on any atom is -0.393 e.